The molecule has 1 aromatic rings. The molecule has 1 amide bonds. The van der Waals surface area contributed by atoms with E-state index in [2.05, 4.69) is 5.10 Å². The molecule has 0 aliphatic heterocycles. The van der Waals surface area contributed by atoms with E-state index < -0.39 is 0 Å². The molecule has 0 spiro atoms. The van der Waals surface area contributed by atoms with E-state index in [0.29, 0.717) is 11.4 Å². The topological polar surface area (TPSA) is 38.1 Å². The van der Waals surface area contributed by atoms with E-state index in [4.69, 9.17) is 11.6 Å². The third-order valence-corrected chi connectivity index (χ3v) is 3.44. The molecule has 0 N–H and O–H groups in total. The maximum Gasteiger partial charge on any atom is 0.257 e. The minimum Gasteiger partial charge on any atom is -0.335 e. The van der Waals surface area contributed by atoms with Gasteiger partial charge in [0.2, 0.25) is 0 Å². The van der Waals surface area contributed by atoms with Crippen LogP contribution < -0.4 is 0 Å². The quantitative estimate of drug-likeness (QED) is 0.760. The second-order valence-electron chi connectivity index (χ2n) is 4.61. The van der Waals surface area contributed by atoms with Crippen LogP contribution in [0.3, 0.4) is 0 Å². The number of aromatic nitrogens is 2. The van der Waals surface area contributed by atoms with Gasteiger partial charge in [0.1, 0.15) is 0 Å². The molecule has 90 valence electrons. The number of hydrogen-bond acceptors (Lipinski definition) is 2. The van der Waals surface area contributed by atoms with E-state index in [1.54, 1.807) is 29.9 Å². The van der Waals surface area contributed by atoms with Crippen molar-refractivity contribution in [2.24, 2.45) is 7.05 Å². The normalized spacial score (nSPS) is 11.6. The van der Waals surface area contributed by atoms with Crippen LogP contribution in [0, 0.1) is 6.92 Å². The fourth-order valence-corrected chi connectivity index (χ4v) is 1.53. The molecule has 0 aromatic carbocycles. The third-order valence-electron chi connectivity index (χ3n) is 2.78. The van der Waals surface area contributed by atoms with Gasteiger partial charge in [-0.15, -0.1) is 11.6 Å². The van der Waals surface area contributed by atoms with Crippen molar-refractivity contribution in [2.75, 3.05) is 12.9 Å². The molecule has 0 aliphatic rings. The minimum absolute atomic E-state index is 0.0451. The summed E-state index contributed by atoms with van der Waals surface area (Å²) in [6.45, 7) is 5.70. The first-order chi connectivity index (χ1) is 7.29. The van der Waals surface area contributed by atoms with Crippen LogP contribution in [0.15, 0.2) is 6.20 Å². The summed E-state index contributed by atoms with van der Waals surface area (Å²) < 4.78 is 1.64. The first-order valence-corrected chi connectivity index (χ1v) is 5.67. The zero-order valence-corrected chi connectivity index (χ0v) is 11.2. The predicted octanol–water partition coefficient (Wildman–Crippen LogP) is 1.82. The van der Waals surface area contributed by atoms with Gasteiger partial charge < -0.3 is 4.90 Å². The number of carbonyl (C=O) groups excluding carboxylic acids is 1. The maximum atomic E-state index is 12.2. The lowest BCUT2D eigenvalue weighted by atomic mass is 10.1. The van der Waals surface area contributed by atoms with Crippen molar-refractivity contribution >= 4 is 17.5 Å². The molecule has 5 heteroatoms. The molecule has 0 atom stereocenters. The lowest BCUT2D eigenvalue weighted by molar-refractivity contribution is 0.0659. The number of rotatable bonds is 3. The fourth-order valence-electron chi connectivity index (χ4n) is 1.35. The second kappa shape index (κ2) is 4.45. The highest BCUT2D eigenvalue weighted by Crippen LogP contribution is 2.18. The molecule has 1 rings (SSSR count). The summed E-state index contributed by atoms with van der Waals surface area (Å²) in [7, 11) is 3.56. The van der Waals surface area contributed by atoms with Gasteiger partial charge in [-0.3, -0.25) is 9.48 Å². The van der Waals surface area contributed by atoms with Crippen molar-refractivity contribution < 1.29 is 4.79 Å². The summed E-state index contributed by atoms with van der Waals surface area (Å²) in [6, 6.07) is 0. The lowest BCUT2D eigenvalue weighted by Crippen LogP contribution is -2.46. The summed E-state index contributed by atoms with van der Waals surface area (Å²) in [4.78, 5) is 13.9. The molecule has 1 heterocycles. The molecule has 0 fully saturated rings. The zero-order valence-electron chi connectivity index (χ0n) is 10.4. The van der Waals surface area contributed by atoms with Gasteiger partial charge in [0, 0.05) is 26.2 Å². The minimum atomic E-state index is -0.360. The average molecular weight is 244 g/mol. The smallest absolute Gasteiger partial charge is 0.257 e. The van der Waals surface area contributed by atoms with Crippen LogP contribution in [-0.4, -0.2) is 39.1 Å². The Morgan fingerprint density at radius 2 is 2.19 bits per heavy atom. The Hall–Kier alpha value is -1.03. The third kappa shape index (κ3) is 2.38. The highest BCUT2D eigenvalue weighted by Gasteiger charge is 2.28. The summed E-state index contributed by atoms with van der Waals surface area (Å²) in [5, 5.41) is 4.16. The number of amides is 1. The van der Waals surface area contributed by atoms with E-state index in [0.717, 1.165) is 5.69 Å². The second-order valence-corrected chi connectivity index (χ2v) is 4.88. The lowest BCUT2D eigenvalue weighted by Gasteiger charge is -2.33. The van der Waals surface area contributed by atoms with Crippen LogP contribution in [-0.2, 0) is 7.05 Å². The molecule has 0 aliphatic carbocycles. The van der Waals surface area contributed by atoms with Crippen molar-refractivity contribution in [2.45, 2.75) is 26.3 Å². The number of alkyl halides is 1. The molecule has 0 saturated heterocycles. The van der Waals surface area contributed by atoms with Crippen molar-refractivity contribution in [3.63, 3.8) is 0 Å². The summed E-state index contributed by atoms with van der Waals surface area (Å²) in [6.07, 6.45) is 1.73. The van der Waals surface area contributed by atoms with Crippen molar-refractivity contribution in [1.29, 1.82) is 0 Å². The van der Waals surface area contributed by atoms with Crippen LogP contribution in [0.2, 0.25) is 0 Å². The highest BCUT2D eigenvalue weighted by molar-refractivity contribution is 6.18. The van der Waals surface area contributed by atoms with Crippen LogP contribution in [0.25, 0.3) is 0 Å². The number of carbonyl (C=O) groups is 1. The van der Waals surface area contributed by atoms with Crippen LogP contribution in [0.1, 0.15) is 29.9 Å². The first-order valence-electron chi connectivity index (χ1n) is 5.14. The van der Waals surface area contributed by atoms with Gasteiger partial charge in [-0.25, -0.2) is 0 Å². The molecule has 4 nitrogen and oxygen atoms in total. The van der Waals surface area contributed by atoms with Crippen LogP contribution in [0.4, 0.5) is 0 Å². The summed E-state index contributed by atoms with van der Waals surface area (Å²) in [5.41, 5.74) is 1.01. The van der Waals surface area contributed by atoms with Gasteiger partial charge in [0.15, 0.2) is 0 Å². The van der Waals surface area contributed by atoms with Gasteiger partial charge in [-0.1, -0.05) is 0 Å². The molecular weight excluding hydrogens is 226 g/mol. The maximum absolute atomic E-state index is 12.2. The molecule has 16 heavy (non-hydrogen) atoms. The van der Waals surface area contributed by atoms with E-state index in [1.165, 1.54) is 0 Å². The molecule has 0 radical (unpaired) electrons. The predicted molar refractivity (Wildman–Crippen MR) is 64.8 cm³/mol. The monoisotopic (exact) mass is 243 g/mol. The van der Waals surface area contributed by atoms with Gasteiger partial charge in [0.25, 0.3) is 5.91 Å². The van der Waals surface area contributed by atoms with Crippen LogP contribution in [0.5, 0.6) is 0 Å². The van der Waals surface area contributed by atoms with Crippen molar-refractivity contribution in [3.8, 4) is 0 Å². The SMILES string of the molecule is Cc1nn(C)cc1C(=O)N(C)C(C)(C)CCl. The van der Waals surface area contributed by atoms with Crippen LogP contribution >= 0.6 is 11.6 Å². The van der Waals surface area contributed by atoms with Gasteiger partial charge in [-0.2, -0.15) is 5.10 Å². The average Bonchev–Trinajstić information content (AvgIpc) is 2.55. The Bertz CT molecular complexity index is 398. The zero-order chi connectivity index (χ0) is 12.5. The van der Waals surface area contributed by atoms with E-state index in [9.17, 15) is 4.79 Å². The Labute approximate surface area is 101 Å². The van der Waals surface area contributed by atoms with Gasteiger partial charge >= 0.3 is 0 Å². The Morgan fingerprint density at radius 3 is 2.56 bits per heavy atom. The number of aryl methyl sites for hydroxylation is 2. The van der Waals surface area contributed by atoms with E-state index >= 15 is 0 Å². The van der Waals surface area contributed by atoms with Gasteiger partial charge in [0.05, 0.1) is 16.8 Å². The molecule has 0 unspecified atom stereocenters. The number of halogens is 1. The first kappa shape index (κ1) is 13.0. The Balaban J connectivity index is 2.99. The molecular formula is C11H18ClN3O. The largest absolute Gasteiger partial charge is 0.335 e. The summed E-state index contributed by atoms with van der Waals surface area (Å²) >= 11 is 5.85. The van der Waals surface area contributed by atoms with Crippen molar-refractivity contribution in [1.82, 2.24) is 14.7 Å². The van der Waals surface area contributed by atoms with E-state index in [-0.39, 0.29) is 11.4 Å². The van der Waals surface area contributed by atoms with Crippen molar-refractivity contribution in [3.05, 3.63) is 17.5 Å². The number of nitrogens with zero attached hydrogens (tertiary/aromatic N) is 3. The van der Waals surface area contributed by atoms with E-state index in [1.807, 2.05) is 20.8 Å². The molecule has 0 saturated carbocycles. The molecule has 0 bridgehead atoms. The Kier molecular flexibility index (Phi) is 3.63. The molecule has 1 aromatic heterocycles. The highest BCUT2D eigenvalue weighted by atomic mass is 35.5. The fraction of sp³-hybridized carbons (Fsp3) is 0.636. The Morgan fingerprint density at radius 1 is 1.62 bits per heavy atom. The summed E-state index contributed by atoms with van der Waals surface area (Å²) in [5.74, 6) is 0.352. The standard InChI is InChI=1S/C11H18ClN3O/c1-8-9(6-14(4)13-8)10(16)15(5)11(2,3)7-12/h6H,7H2,1-5H3. The number of hydrogen-bond donors (Lipinski definition) is 0. The van der Waals surface area contributed by atoms with Gasteiger partial charge in [-0.05, 0) is 20.8 Å².